The van der Waals surface area contributed by atoms with Gasteiger partial charge in [-0.05, 0) is 40.6 Å². The molecule has 0 saturated heterocycles. The van der Waals surface area contributed by atoms with Gasteiger partial charge in [0.1, 0.15) is 11.6 Å². The van der Waals surface area contributed by atoms with Crippen LogP contribution in [-0.2, 0) is 0 Å². The van der Waals surface area contributed by atoms with Gasteiger partial charge in [-0.25, -0.2) is 9.18 Å². The Bertz CT molecular complexity index is 836. The van der Waals surface area contributed by atoms with Crippen LogP contribution in [0.5, 0.6) is 5.75 Å². The monoisotopic (exact) mass is 282 g/mol. The van der Waals surface area contributed by atoms with Gasteiger partial charge in [0.2, 0.25) is 0 Å². The van der Waals surface area contributed by atoms with E-state index >= 15 is 0 Å². The average molecular weight is 282 g/mol. The van der Waals surface area contributed by atoms with Crippen LogP contribution in [0, 0.1) is 5.82 Å². The number of rotatable bonds is 2. The molecule has 0 radical (unpaired) electrons. The van der Waals surface area contributed by atoms with Crippen molar-refractivity contribution in [3.05, 3.63) is 66.0 Å². The molecule has 3 aromatic rings. The number of phenols is 1. The van der Waals surface area contributed by atoms with Crippen LogP contribution in [0.4, 0.5) is 4.39 Å². The van der Waals surface area contributed by atoms with Crippen molar-refractivity contribution in [3.63, 3.8) is 0 Å². The van der Waals surface area contributed by atoms with Gasteiger partial charge >= 0.3 is 5.97 Å². The first-order chi connectivity index (χ1) is 10.1. The largest absolute Gasteiger partial charge is 0.507 e. The second-order valence-electron chi connectivity index (χ2n) is 4.68. The topological polar surface area (TPSA) is 57.5 Å². The van der Waals surface area contributed by atoms with Crippen molar-refractivity contribution >= 4 is 16.7 Å². The summed E-state index contributed by atoms with van der Waals surface area (Å²) in [7, 11) is 0. The van der Waals surface area contributed by atoms with Crippen LogP contribution in [0.15, 0.2) is 54.6 Å². The van der Waals surface area contributed by atoms with Crippen LogP contribution in [-0.4, -0.2) is 16.2 Å². The summed E-state index contributed by atoms with van der Waals surface area (Å²) in [5.74, 6) is -1.78. The average Bonchev–Trinajstić information content (AvgIpc) is 2.46. The summed E-state index contributed by atoms with van der Waals surface area (Å²) in [6.07, 6.45) is 0. The molecule has 3 nitrogen and oxygen atoms in total. The van der Waals surface area contributed by atoms with E-state index in [-0.39, 0.29) is 16.9 Å². The number of carboxylic acids is 1. The van der Waals surface area contributed by atoms with Gasteiger partial charge in [0, 0.05) is 0 Å². The molecule has 104 valence electrons. The minimum Gasteiger partial charge on any atom is -0.507 e. The highest BCUT2D eigenvalue weighted by molar-refractivity contribution is 6.02. The summed E-state index contributed by atoms with van der Waals surface area (Å²) in [5.41, 5.74) is 0.655. The molecule has 0 spiro atoms. The Morgan fingerprint density at radius 1 is 1.00 bits per heavy atom. The van der Waals surface area contributed by atoms with Crippen molar-refractivity contribution in [2.45, 2.75) is 0 Å². The summed E-state index contributed by atoms with van der Waals surface area (Å²) < 4.78 is 14.0. The summed E-state index contributed by atoms with van der Waals surface area (Å²) >= 11 is 0. The molecule has 0 unspecified atom stereocenters. The molecule has 3 aromatic carbocycles. The van der Waals surface area contributed by atoms with Crippen molar-refractivity contribution in [2.75, 3.05) is 0 Å². The first kappa shape index (κ1) is 13.1. The number of phenolic OH excluding ortho intramolecular Hbond substituents is 1. The lowest BCUT2D eigenvalue weighted by Gasteiger charge is -2.10. The Labute approximate surface area is 119 Å². The molecule has 21 heavy (non-hydrogen) atoms. The number of benzene rings is 3. The highest BCUT2D eigenvalue weighted by atomic mass is 19.1. The second-order valence-corrected chi connectivity index (χ2v) is 4.68. The van der Waals surface area contributed by atoms with Gasteiger partial charge in [-0.2, -0.15) is 0 Å². The Hall–Kier alpha value is -2.88. The first-order valence-electron chi connectivity index (χ1n) is 6.32. The molecular formula is C17H11FO3. The smallest absolute Gasteiger partial charge is 0.335 e. The molecule has 2 N–H and O–H groups in total. The third kappa shape index (κ3) is 2.21. The highest BCUT2D eigenvalue weighted by Crippen LogP contribution is 2.36. The van der Waals surface area contributed by atoms with E-state index in [1.54, 1.807) is 18.2 Å². The summed E-state index contributed by atoms with van der Waals surface area (Å²) in [5, 5.41) is 20.4. The lowest BCUT2D eigenvalue weighted by molar-refractivity contribution is 0.0697. The third-order valence-corrected chi connectivity index (χ3v) is 3.39. The standard InChI is InChI=1S/C17H11FO3/c18-14-5-2-6-15(19)16(14)12-4-1-3-10-7-8-11(17(20)21)9-13(10)12/h1-9,19H,(H,20,21). The quantitative estimate of drug-likeness (QED) is 0.745. The Balaban J connectivity index is 2.37. The van der Waals surface area contributed by atoms with E-state index in [1.165, 1.54) is 30.3 Å². The van der Waals surface area contributed by atoms with E-state index in [2.05, 4.69) is 0 Å². The molecule has 3 rings (SSSR count). The predicted octanol–water partition coefficient (Wildman–Crippen LogP) is 4.05. The summed E-state index contributed by atoms with van der Waals surface area (Å²) in [4.78, 5) is 11.1. The van der Waals surface area contributed by atoms with E-state index in [0.717, 1.165) is 5.39 Å². The minimum absolute atomic E-state index is 0.0747. The lowest BCUT2D eigenvalue weighted by Crippen LogP contribution is -1.96. The number of carbonyl (C=O) groups is 1. The Morgan fingerprint density at radius 3 is 2.48 bits per heavy atom. The van der Waals surface area contributed by atoms with Crippen LogP contribution < -0.4 is 0 Å². The van der Waals surface area contributed by atoms with Crippen LogP contribution >= 0.6 is 0 Å². The second kappa shape index (κ2) is 4.90. The molecular weight excluding hydrogens is 271 g/mol. The van der Waals surface area contributed by atoms with Gasteiger partial charge in [-0.3, -0.25) is 0 Å². The van der Waals surface area contributed by atoms with Gasteiger partial charge < -0.3 is 10.2 Å². The molecule has 0 aromatic heterocycles. The maximum atomic E-state index is 14.0. The highest BCUT2D eigenvalue weighted by Gasteiger charge is 2.14. The Morgan fingerprint density at radius 2 is 1.76 bits per heavy atom. The molecule has 0 aliphatic carbocycles. The van der Waals surface area contributed by atoms with Crippen molar-refractivity contribution in [1.29, 1.82) is 0 Å². The van der Waals surface area contributed by atoms with Crippen molar-refractivity contribution in [1.82, 2.24) is 0 Å². The van der Waals surface area contributed by atoms with Gasteiger partial charge in [0.15, 0.2) is 0 Å². The van der Waals surface area contributed by atoms with Crippen LogP contribution in [0.1, 0.15) is 10.4 Å². The number of aromatic carboxylic acids is 1. The Kier molecular flexibility index (Phi) is 3.06. The van der Waals surface area contributed by atoms with Gasteiger partial charge in [-0.15, -0.1) is 0 Å². The number of fused-ring (bicyclic) bond motifs is 1. The normalized spacial score (nSPS) is 10.7. The number of halogens is 1. The zero-order chi connectivity index (χ0) is 15.0. The third-order valence-electron chi connectivity index (χ3n) is 3.39. The molecule has 0 bridgehead atoms. The molecule has 0 amide bonds. The maximum Gasteiger partial charge on any atom is 0.335 e. The number of carboxylic acid groups (broad SMARTS) is 1. The molecule has 4 heteroatoms. The van der Waals surface area contributed by atoms with Crippen LogP contribution in [0.2, 0.25) is 0 Å². The van der Waals surface area contributed by atoms with Crippen molar-refractivity contribution < 1.29 is 19.4 Å². The number of aromatic hydroxyl groups is 1. The molecule has 0 aliphatic heterocycles. The maximum absolute atomic E-state index is 14.0. The fourth-order valence-corrected chi connectivity index (χ4v) is 2.40. The summed E-state index contributed by atoms with van der Waals surface area (Å²) in [6, 6.07) is 13.9. The van der Waals surface area contributed by atoms with Crippen molar-refractivity contribution in [3.8, 4) is 16.9 Å². The lowest BCUT2D eigenvalue weighted by atomic mass is 9.96. The van der Waals surface area contributed by atoms with E-state index in [9.17, 15) is 14.3 Å². The minimum atomic E-state index is -1.05. The van der Waals surface area contributed by atoms with Crippen molar-refractivity contribution in [2.24, 2.45) is 0 Å². The molecule has 0 fully saturated rings. The van der Waals surface area contributed by atoms with E-state index in [4.69, 9.17) is 5.11 Å². The van der Waals surface area contributed by atoms with Gasteiger partial charge in [0.05, 0.1) is 11.1 Å². The fraction of sp³-hybridized carbons (Fsp3) is 0. The SMILES string of the molecule is O=C(O)c1ccc2cccc(-c3c(O)cccc3F)c2c1. The molecule has 0 aliphatic rings. The predicted molar refractivity (Wildman–Crippen MR) is 78.0 cm³/mol. The first-order valence-corrected chi connectivity index (χ1v) is 6.32. The molecule has 0 heterocycles. The van der Waals surface area contributed by atoms with E-state index in [0.29, 0.717) is 10.9 Å². The van der Waals surface area contributed by atoms with Gasteiger partial charge in [-0.1, -0.05) is 30.3 Å². The molecule has 0 saturated carbocycles. The summed E-state index contributed by atoms with van der Waals surface area (Å²) in [6.45, 7) is 0. The van der Waals surface area contributed by atoms with E-state index in [1.807, 2.05) is 6.07 Å². The number of hydrogen-bond donors (Lipinski definition) is 2. The van der Waals surface area contributed by atoms with Crippen LogP contribution in [0.3, 0.4) is 0 Å². The fourth-order valence-electron chi connectivity index (χ4n) is 2.40. The van der Waals surface area contributed by atoms with Crippen LogP contribution in [0.25, 0.3) is 21.9 Å². The van der Waals surface area contributed by atoms with Gasteiger partial charge in [0.25, 0.3) is 0 Å². The zero-order valence-corrected chi connectivity index (χ0v) is 10.9. The number of hydrogen-bond acceptors (Lipinski definition) is 2. The van der Waals surface area contributed by atoms with E-state index < -0.39 is 11.8 Å². The zero-order valence-electron chi connectivity index (χ0n) is 10.9. The molecule has 0 atom stereocenters.